The van der Waals surface area contributed by atoms with Crippen LogP contribution in [0.15, 0.2) is 77.3 Å². The van der Waals surface area contributed by atoms with E-state index in [1.165, 1.54) is 0 Å². The van der Waals surface area contributed by atoms with Crippen LogP contribution in [0, 0.1) is 0 Å². The molecular weight excluding hydrogens is 418 g/mol. The molecule has 0 saturated carbocycles. The van der Waals surface area contributed by atoms with E-state index in [1.54, 1.807) is 14.2 Å². The monoisotopic (exact) mass is 439 g/mol. The summed E-state index contributed by atoms with van der Waals surface area (Å²) < 4.78 is 11.2. The number of nitrogens with zero attached hydrogens (tertiary/aromatic N) is 1. The molecule has 0 N–H and O–H groups in total. The zero-order valence-corrected chi connectivity index (χ0v) is 17.5. The van der Waals surface area contributed by atoms with Crippen LogP contribution in [-0.2, 0) is 13.1 Å². The van der Waals surface area contributed by atoms with Gasteiger partial charge in [-0.05, 0) is 63.5 Å². The number of ether oxygens (including phenoxy) is 2. The van der Waals surface area contributed by atoms with Gasteiger partial charge in [0.2, 0.25) is 0 Å². The molecule has 0 spiro atoms. The average molecular weight is 440 g/mol. The number of methoxy groups -OCH3 is 2. The van der Waals surface area contributed by atoms with Crippen LogP contribution in [0.2, 0.25) is 0 Å². The highest BCUT2D eigenvalue weighted by Gasteiger charge is 2.19. The highest BCUT2D eigenvalue weighted by molar-refractivity contribution is 9.10. The molecule has 0 aliphatic heterocycles. The van der Waals surface area contributed by atoms with Crippen LogP contribution in [0.1, 0.15) is 21.5 Å². The van der Waals surface area contributed by atoms with E-state index < -0.39 is 0 Å². The number of carbonyl (C=O) groups is 1. The van der Waals surface area contributed by atoms with E-state index in [0.717, 1.165) is 27.1 Å². The zero-order valence-electron chi connectivity index (χ0n) is 15.9. The molecule has 0 heterocycles. The molecule has 0 fully saturated rings. The van der Waals surface area contributed by atoms with E-state index in [1.807, 2.05) is 77.7 Å². The molecule has 1 amide bonds. The van der Waals surface area contributed by atoms with Crippen molar-refractivity contribution in [1.29, 1.82) is 0 Å². The summed E-state index contributed by atoms with van der Waals surface area (Å²) in [5.74, 6) is 1.56. The standard InChI is InChI=1S/C23H22BrNO3/c1-27-19-11-7-17(8-12-19)15-25(16-18-9-13-20(28-2)14-10-18)23(26)21-5-3-4-6-22(21)24/h3-14H,15-16H2,1-2H3. The quantitative estimate of drug-likeness (QED) is 0.500. The van der Waals surface area contributed by atoms with Crippen molar-refractivity contribution in [3.8, 4) is 11.5 Å². The fourth-order valence-corrected chi connectivity index (χ4v) is 3.36. The number of rotatable bonds is 7. The van der Waals surface area contributed by atoms with E-state index in [4.69, 9.17) is 9.47 Å². The van der Waals surface area contributed by atoms with E-state index in [-0.39, 0.29) is 5.91 Å². The topological polar surface area (TPSA) is 38.8 Å². The van der Waals surface area contributed by atoms with E-state index in [9.17, 15) is 4.79 Å². The molecule has 0 aliphatic carbocycles. The Hall–Kier alpha value is -2.79. The van der Waals surface area contributed by atoms with Gasteiger partial charge in [-0.3, -0.25) is 4.79 Å². The molecule has 0 atom stereocenters. The predicted molar refractivity (Wildman–Crippen MR) is 114 cm³/mol. The second-order valence-electron chi connectivity index (χ2n) is 6.34. The fraction of sp³-hybridized carbons (Fsp3) is 0.174. The molecule has 4 nitrogen and oxygen atoms in total. The highest BCUT2D eigenvalue weighted by Crippen LogP contribution is 2.22. The van der Waals surface area contributed by atoms with Crippen molar-refractivity contribution in [1.82, 2.24) is 4.90 Å². The summed E-state index contributed by atoms with van der Waals surface area (Å²) in [6.45, 7) is 0.992. The van der Waals surface area contributed by atoms with Gasteiger partial charge in [-0.1, -0.05) is 36.4 Å². The van der Waals surface area contributed by atoms with Crippen molar-refractivity contribution < 1.29 is 14.3 Å². The molecule has 3 rings (SSSR count). The van der Waals surface area contributed by atoms with Crippen LogP contribution in [0.4, 0.5) is 0 Å². The summed E-state index contributed by atoms with van der Waals surface area (Å²) in [5.41, 5.74) is 2.72. The molecular formula is C23H22BrNO3. The maximum absolute atomic E-state index is 13.3. The Labute approximate surface area is 173 Å². The third-order valence-electron chi connectivity index (χ3n) is 4.46. The van der Waals surface area contributed by atoms with Gasteiger partial charge < -0.3 is 14.4 Å². The first-order valence-corrected chi connectivity index (χ1v) is 9.69. The molecule has 0 unspecified atom stereocenters. The number of hydrogen-bond donors (Lipinski definition) is 0. The van der Waals surface area contributed by atoms with Gasteiger partial charge in [0.05, 0.1) is 19.8 Å². The fourth-order valence-electron chi connectivity index (χ4n) is 2.91. The van der Waals surface area contributed by atoms with E-state index >= 15 is 0 Å². The molecule has 3 aromatic carbocycles. The third-order valence-corrected chi connectivity index (χ3v) is 5.15. The molecule has 0 aliphatic rings. The van der Waals surface area contributed by atoms with Gasteiger partial charge in [-0.2, -0.15) is 0 Å². The zero-order chi connectivity index (χ0) is 19.9. The molecule has 0 aromatic heterocycles. The Balaban J connectivity index is 1.87. The Morgan fingerprint density at radius 3 is 1.68 bits per heavy atom. The number of hydrogen-bond acceptors (Lipinski definition) is 3. The van der Waals surface area contributed by atoms with Crippen LogP contribution in [0.3, 0.4) is 0 Å². The Bertz CT molecular complexity index is 874. The third kappa shape index (κ3) is 4.93. The van der Waals surface area contributed by atoms with Gasteiger partial charge in [0.1, 0.15) is 11.5 Å². The summed E-state index contributed by atoms with van der Waals surface area (Å²) in [6, 6.07) is 23.0. The van der Waals surface area contributed by atoms with Crippen molar-refractivity contribution in [2.45, 2.75) is 13.1 Å². The van der Waals surface area contributed by atoms with Gasteiger partial charge in [-0.25, -0.2) is 0 Å². The minimum Gasteiger partial charge on any atom is -0.497 e. The molecule has 28 heavy (non-hydrogen) atoms. The second-order valence-corrected chi connectivity index (χ2v) is 7.19. The normalized spacial score (nSPS) is 10.4. The molecule has 0 saturated heterocycles. The summed E-state index contributed by atoms with van der Waals surface area (Å²) in [6.07, 6.45) is 0. The van der Waals surface area contributed by atoms with Crippen LogP contribution in [-0.4, -0.2) is 25.0 Å². The largest absolute Gasteiger partial charge is 0.497 e. The molecule has 0 radical (unpaired) electrons. The molecule has 144 valence electrons. The summed E-state index contributed by atoms with van der Waals surface area (Å²) >= 11 is 3.49. The van der Waals surface area contributed by atoms with Crippen molar-refractivity contribution in [3.05, 3.63) is 94.0 Å². The first kappa shape index (κ1) is 20.0. The SMILES string of the molecule is COc1ccc(CN(Cc2ccc(OC)cc2)C(=O)c2ccccc2Br)cc1. The Morgan fingerprint density at radius 2 is 1.25 bits per heavy atom. The average Bonchev–Trinajstić information content (AvgIpc) is 2.74. The summed E-state index contributed by atoms with van der Waals surface area (Å²) in [5, 5.41) is 0. The van der Waals surface area contributed by atoms with Crippen molar-refractivity contribution in [3.63, 3.8) is 0 Å². The van der Waals surface area contributed by atoms with Gasteiger partial charge in [0.15, 0.2) is 0 Å². The predicted octanol–water partition coefficient (Wildman–Crippen LogP) is 5.31. The Morgan fingerprint density at radius 1 is 0.786 bits per heavy atom. The maximum atomic E-state index is 13.3. The second kappa shape index (κ2) is 9.42. The number of carbonyl (C=O) groups excluding carboxylic acids is 1. The van der Waals surface area contributed by atoms with E-state index in [2.05, 4.69) is 15.9 Å². The van der Waals surface area contributed by atoms with Crippen LogP contribution >= 0.6 is 15.9 Å². The highest BCUT2D eigenvalue weighted by atomic mass is 79.9. The van der Waals surface area contributed by atoms with Crippen molar-refractivity contribution >= 4 is 21.8 Å². The van der Waals surface area contributed by atoms with Gasteiger partial charge in [0.25, 0.3) is 5.91 Å². The summed E-state index contributed by atoms with van der Waals surface area (Å²) in [7, 11) is 3.28. The maximum Gasteiger partial charge on any atom is 0.255 e. The minimum atomic E-state index is -0.0286. The first-order valence-electron chi connectivity index (χ1n) is 8.90. The van der Waals surface area contributed by atoms with Crippen LogP contribution < -0.4 is 9.47 Å². The molecule has 3 aromatic rings. The smallest absolute Gasteiger partial charge is 0.255 e. The lowest BCUT2D eigenvalue weighted by molar-refractivity contribution is 0.0729. The first-order chi connectivity index (χ1) is 13.6. The number of amides is 1. The Kier molecular flexibility index (Phi) is 6.71. The number of benzene rings is 3. The lowest BCUT2D eigenvalue weighted by Crippen LogP contribution is -2.30. The molecule has 5 heteroatoms. The van der Waals surface area contributed by atoms with Crippen molar-refractivity contribution in [2.75, 3.05) is 14.2 Å². The van der Waals surface area contributed by atoms with E-state index in [0.29, 0.717) is 18.7 Å². The lowest BCUT2D eigenvalue weighted by atomic mass is 10.1. The minimum absolute atomic E-state index is 0.0286. The van der Waals surface area contributed by atoms with Gasteiger partial charge >= 0.3 is 0 Å². The summed E-state index contributed by atoms with van der Waals surface area (Å²) in [4.78, 5) is 15.1. The van der Waals surface area contributed by atoms with Crippen LogP contribution in [0.25, 0.3) is 0 Å². The molecule has 0 bridgehead atoms. The number of halogens is 1. The van der Waals surface area contributed by atoms with Crippen molar-refractivity contribution in [2.24, 2.45) is 0 Å². The lowest BCUT2D eigenvalue weighted by Gasteiger charge is -2.24. The van der Waals surface area contributed by atoms with Gasteiger partial charge in [0, 0.05) is 17.6 Å². The van der Waals surface area contributed by atoms with Gasteiger partial charge in [-0.15, -0.1) is 0 Å². The van der Waals surface area contributed by atoms with Crippen LogP contribution in [0.5, 0.6) is 11.5 Å².